The number of aliphatic hydroxyl groups is 1. The van der Waals surface area contributed by atoms with Crippen LogP contribution in [-0.2, 0) is 0 Å². The smallest absolute Gasteiger partial charge is 0.0448 e. The number of halogens is 1. The number of hydrogen-bond donors (Lipinski definition) is 2. The molecule has 74 valence electrons. The van der Waals surface area contributed by atoms with Gasteiger partial charge in [0.15, 0.2) is 0 Å². The lowest BCUT2D eigenvalue weighted by atomic mass is 9.76. The summed E-state index contributed by atoms with van der Waals surface area (Å²) in [6.07, 6.45) is 5.43. The first kappa shape index (κ1) is 12.2. The van der Waals surface area contributed by atoms with Crippen LogP contribution in [0.15, 0.2) is 0 Å². The van der Waals surface area contributed by atoms with Crippen molar-refractivity contribution in [3.63, 3.8) is 0 Å². The fourth-order valence-corrected chi connectivity index (χ4v) is 1.81. The van der Waals surface area contributed by atoms with Crippen molar-refractivity contribution in [3.05, 3.63) is 0 Å². The molecule has 0 unspecified atom stereocenters. The minimum atomic E-state index is -0.0404. The molecule has 0 aliphatic heterocycles. The molecule has 1 rings (SSSR count). The molecule has 0 aromatic rings. The van der Waals surface area contributed by atoms with Crippen molar-refractivity contribution in [2.75, 3.05) is 6.61 Å². The summed E-state index contributed by atoms with van der Waals surface area (Å²) in [5, 5.41) is 8.77. The number of aliphatic hydroxyl groups excluding tert-OH is 1. The molecule has 0 bridgehead atoms. The van der Waals surface area contributed by atoms with E-state index in [1.807, 2.05) is 0 Å². The highest BCUT2D eigenvalue weighted by atomic mass is 35.5. The molecule has 1 fully saturated rings. The third kappa shape index (κ3) is 3.30. The van der Waals surface area contributed by atoms with Crippen molar-refractivity contribution in [2.45, 2.75) is 44.6 Å². The van der Waals surface area contributed by atoms with Crippen LogP contribution in [0.4, 0.5) is 0 Å². The van der Waals surface area contributed by atoms with Gasteiger partial charge in [0.25, 0.3) is 0 Å². The van der Waals surface area contributed by atoms with Crippen molar-refractivity contribution < 1.29 is 5.11 Å². The van der Waals surface area contributed by atoms with Crippen molar-refractivity contribution in [2.24, 2.45) is 11.7 Å². The molecule has 1 aliphatic rings. The van der Waals surface area contributed by atoms with Crippen LogP contribution in [0.5, 0.6) is 0 Å². The van der Waals surface area contributed by atoms with Gasteiger partial charge in [0, 0.05) is 12.1 Å². The van der Waals surface area contributed by atoms with Gasteiger partial charge < -0.3 is 10.8 Å². The second-order valence-corrected chi connectivity index (χ2v) is 4.02. The molecule has 2 nitrogen and oxygen atoms in total. The second-order valence-electron chi connectivity index (χ2n) is 4.02. The van der Waals surface area contributed by atoms with Crippen molar-refractivity contribution in [1.29, 1.82) is 0 Å². The molecular formula is C9H20ClNO. The molecule has 0 aromatic heterocycles. The Morgan fingerprint density at radius 1 is 1.42 bits per heavy atom. The minimum absolute atomic E-state index is 0. The van der Waals surface area contributed by atoms with Gasteiger partial charge in [-0.25, -0.2) is 0 Å². The summed E-state index contributed by atoms with van der Waals surface area (Å²) in [5.41, 5.74) is 6.03. The van der Waals surface area contributed by atoms with E-state index in [1.54, 1.807) is 0 Å². The summed E-state index contributed by atoms with van der Waals surface area (Å²) in [7, 11) is 0. The predicted molar refractivity (Wildman–Crippen MR) is 53.5 cm³/mol. The molecule has 0 radical (unpaired) electrons. The highest BCUT2D eigenvalue weighted by Gasteiger charge is 2.29. The molecule has 3 N–H and O–H groups in total. The van der Waals surface area contributed by atoms with Gasteiger partial charge in [-0.1, -0.05) is 6.92 Å². The molecule has 1 aliphatic carbocycles. The predicted octanol–water partition coefficient (Wildman–Crippen LogP) is 1.70. The Labute approximate surface area is 80.9 Å². The van der Waals surface area contributed by atoms with Crippen LogP contribution in [0, 0.1) is 5.92 Å². The van der Waals surface area contributed by atoms with Gasteiger partial charge in [-0.15, -0.1) is 12.4 Å². The molecule has 0 spiro atoms. The number of rotatable bonds is 2. The van der Waals surface area contributed by atoms with Gasteiger partial charge in [-0.3, -0.25) is 0 Å². The van der Waals surface area contributed by atoms with E-state index in [-0.39, 0.29) is 24.6 Å². The lowest BCUT2D eigenvalue weighted by molar-refractivity contribution is 0.181. The quantitative estimate of drug-likeness (QED) is 0.702. The normalized spacial score (nSPS) is 35.8. The third-order valence-electron chi connectivity index (χ3n) is 2.88. The Balaban J connectivity index is 0.00000121. The zero-order chi connectivity index (χ0) is 8.32. The molecule has 12 heavy (non-hydrogen) atoms. The standard InChI is InChI=1S/C9H19NO.ClH/c1-8-2-4-9(10,5-3-8)6-7-11;/h8,11H,2-7,10H2,1H3;1H. The van der Waals surface area contributed by atoms with Crippen molar-refractivity contribution in [3.8, 4) is 0 Å². The summed E-state index contributed by atoms with van der Waals surface area (Å²) >= 11 is 0. The van der Waals surface area contributed by atoms with E-state index in [0.29, 0.717) is 0 Å². The highest BCUT2D eigenvalue weighted by molar-refractivity contribution is 5.85. The van der Waals surface area contributed by atoms with Crippen LogP contribution in [0.25, 0.3) is 0 Å². The molecule has 0 amide bonds. The zero-order valence-electron chi connectivity index (χ0n) is 7.75. The first-order valence-electron chi connectivity index (χ1n) is 4.56. The van der Waals surface area contributed by atoms with Gasteiger partial charge >= 0.3 is 0 Å². The van der Waals surface area contributed by atoms with Crippen molar-refractivity contribution in [1.82, 2.24) is 0 Å². The minimum Gasteiger partial charge on any atom is -0.396 e. The van der Waals surface area contributed by atoms with Gasteiger partial charge in [-0.2, -0.15) is 0 Å². The highest BCUT2D eigenvalue weighted by Crippen LogP contribution is 2.31. The van der Waals surface area contributed by atoms with E-state index < -0.39 is 0 Å². The second kappa shape index (κ2) is 5.05. The average Bonchev–Trinajstić information content (AvgIpc) is 1.97. The van der Waals surface area contributed by atoms with Crippen LogP contribution in [-0.4, -0.2) is 17.3 Å². The van der Waals surface area contributed by atoms with Crippen LogP contribution < -0.4 is 5.73 Å². The Bertz CT molecular complexity index is 122. The van der Waals surface area contributed by atoms with Crippen LogP contribution in [0.2, 0.25) is 0 Å². The largest absolute Gasteiger partial charge is 0.396 e. The molecule has 0 saturated heterocycles. The number of hydrogen-bond acceptors (Lipinski definition) is 2. The van der Waals surface area contributed by atoms with Gasteiger partial charge in [0.1, 0.15) is 0 Å². The zero-order valence-corrected chi connectivity index (χ0v) is 8.57. The van der Waals surface area contributed by atoms with Gasteiger partial charge in [0.2, 0.25) is 0 Å². The third-order valence-corrected chi connectivity index (χ3v) is 2.88. The fourth-order valence-electron chi connectivity index (χ4n) is 1.81. The van der Waals surface area contributed by atoms with Crippen LogP contribution >= 0.6 is 12.4 Å². The van der Waals surface area contributed by atoms with E-state index in [2.05, 4.69) is 6.92 Å². The lowest BCUT2D eigenvalue weighted by Crippen LogP contribution is -2.43. The molecular weight excluding hydrogens is 174 g/mol. The van der Waals surface area contributed by atoms with Crippen LogP contribution in [0.3, 0.4) is 0 Å². The Hall–Kier alpha value is 0.210. The van der Waals surface area contributed by atoms with E-state index >= 15 is 0 Å². The maximum Gasteiger partial charge on any atom is 0.0448 e. The van der Waals surface area contributed by atoms with Crippen molar-refractivity contribution >= 4 is 12.4 Å². The van der Waals surface area contributed by atoms with Gasteiger partial charge in [0.05, 0.1) is 0 Å². The summed E-state index contributed by atoms with van der Waals surface area (Å²) in [4.78, 5) is 0. The molecule has 0 aromatic carbocycles. The van der Waals surface area contributed by atoms with E-state index in [4.69, 9.17) is 10.8 Å². The van der Waals surface area contributed by atoms with Gasteiger partial charge in [-0.05, 0) is 38.0 Å². The molecule has 3 heteroatoms. The first-order chi connectivity index (χ1) is 5.16. The van der Waals surface area contributed by atoms with Crippen LogP contribution in [0.1, 0.15) is 39.0 Å². The maximum absolute atomic E-state index is 8.77. The summed E-state index contributed by atoms with van der Waals surface area (Å²) in [6.45, 7) is 2.52. The monoisotopic (exact) mass is 193 g/mol. The maximum atomic E-state index is 8.77. The Kier molecular flexibility index (Phi) is 5.14. The molecule has 0 heterocycles. The average molecular weight is 194 g/mol. The summed E-state index contributed by atoms with van der Waals surface area (Å²) in [6, 6.07) is 0. The van der Waals surface area contributed by atoms with E-state index in [9.17, 15) is 0 Å². The summed E-state index contributed by atoms with van der Waals surface area (Å²) < 4.78 is 0. The number of nitrogens with two attached hydrogens (primary N) is 1. The molecule has 1 saturated carbocycles. The fraction of sp³-hybridized carbons (Fsp3) is 1.00. The molecule has 0 atom stereocenters. The van der Waals surface area contributed by atoms with E-state index in [1.165, 1.54) is 12.8 Å². The topological polar surface area (TPSA) is 46.2 Å². The van der Waals surface area contributed by atoms with E-state index in [0.717, 1.165) is 25.2 Å². The Morgan fingerprint density at radius 2 is 1.92 bits per heavy atom. The SMILES string of the molecule is CC1CCC(N)(CCO)CC1.Cl. The lowest BCUT2D eigenvalue weighted by Gasteiger charge is -2.35. The summed E-state index contributed by atoms with van der Waals surface area (Å²) in [5.74, 6) is 0.838. The first-order valence-corrected chi connectivity index (χ1v) is 4.56. The Morgan fingerprint density at radius 3 is 2.33 bits per heavy atom.